The number of hydrogen-bond acceptors (Lipinski definition) is 7. The summed E-state index contributed by atoms with van der Waals surface area (Å²) in [6.45, 7) is 10.4. The smallest absolute Gasteiger partial charge is 0.251 e. The Morgan fingerprint density at radius 2 is 1.66 bits per heavy atom. The molecule has 7 nitrogen and oxygen atoms in total. The molecule has 0 unspecified atom stereocenters. The largest absolute Gasteiger partial charge is 0.382 e. The van der Waals surface area contributed by atoms with Gasteiger partial charge >= 0.3 is 0 Å². The van der Waals surface area contributed by atoms with Crippen LogP contribution in [0.3, 0.4) is 0 Å². The maximum Gasteiger partial charge on any atom is 0.251 e. The number of halogens is 2. The predicted molar refractivity (Wildman–Crippen MR) is 151 cm³/mol. The van der Waals surface area contributed by atoms with Crippen LogP contribution in [0.25, 0.3) is 0 Å². The van der Waals surface area contributed by atoms with Crippen LogP contribution in [-0.4, -0.2) is 45.7 Å². The van der Waals surface area contributed by atoms with Gasteiger partial charge in [0.05, 0.1) is 5.56 Å². The van der Waals surface area contributed by atoms with Crippen LogP contribution in [0.1, 0.15) is 75.4 Å². The lowest BCUT2D eigenvalue weighted by atomic mass is 9.80. The second-order valence-electron chi connectivity index (χ2n) is 10.7. The number of nitrogen functional groups attached to an aromatic ring is 1. The monoisotopic (exact) mass is 545 g/mol. The Hall–Kier alpha value is -3.37. The molecule has 3 aromatic rings. The molecule has 0 atom stereocenters. The van der Waals surface area contributed by atoms with Crippen molar-refractivity contribution < 1.29 is 21.2 Å². The van der Waals surface area contributed by atoms with Crippen molar-refractivity contribution >= 4 is 39.7 Å². The first-order valence-electron chi connectivity index (χ1n) is 12.6. The highest BCUT2D eigenvalue weighted by Crippen LogP contribution is 2.37. The van der Waals surface area contributed by atoms with E-state index in [9.17, 15) is 18.4 Å². The summed E-state index contributed by atoms with van der Waals surface area (Å²) in [7, 11) is 0. The highest BCUT2D eigenvalue weighted by atomic mass is 32.1. The highest BCUT2D eigenvalue weighted by molar-refractivity contribution is 7.18. The number of rotatable bonds is 8. The first-order valence-corrected chi connectivity index (χ1v) is 13.4. The molecule has 1 amide bonds. The Balaban J connectivity index is 0.00000280. The van der Waals surface area contributed by atoms with Gasteiger partial charge in [0.2, 0.25) is 5.78 Å². The molecule has 0 spiro atoms. The molecule has 4 rings (SSSR count). The third-order valence-electron chi connectivity index (χ3n) is 7.11. The molecule has 0 aliphatic carbocycles. The Kier molecular flexibility index (Phi) is 7.85. The van der Waals surface area contributed by atoms with Crippen LogP contribution in [0, 0.1) is 11.6 Å². The van der Waals surface area contributed by atoms with Crippen LogP contribution in [0.15, 0.2) is 42.5 Å². The number of amides is 1. The van der Waals surface area contributed by atoms with Gasteiger partial charge in [0, 0.05) is 38.3 Å². The molecule has 10 heteroatoms. The lowest BCUT2D eigenvalue weighted by Gasteiger charge is -2.53. The third kappa shape index (κ3) is 5.86. The van der Waals surface area contributed by atoms with Crippen LogP contribution < -0.4 is 16.4 Å². The topological polar surface area (TPSA) is 100 Å². The summed E-state index contributed by atoms with van der Waals surface area (Å²) in [6, 6.07) is 10.0. The number of hydrogen-bond donors (Lipinski definition) is 3. The van der Waals surface area contributed by atoms with Gasteiger partial charge in [-0.25, -0.2) is 13.8 Å². The highest BCUT2D eigenvalue weighted by Gasteiger charge is 2.40. The molecule has 38 heavy (non-hydrogen) atoms. The number of likely N-dealkylation sites (tertiary alicyclic amines) is 1. The van der Waals surface area contributed by atoms with Gasteiger partial charge in [-0.15, -0.1) is 0 Å². The molecule has 1 aliphatic heterocycles. The third-order valence-corrected chi connectivity index (χ3v) is 8.09. The van der Waals surface area contributed by atoms with E-state index in [1.54, 1.807) is 24.3 Å². The van der Waals surface area contributed by atoms with Gasteiger partial charge in [-0.2, -0.15) is 0 Å². The Labute approximate surface area is 228 Å². The standard InChI is InChI=1S/C28H33F2N5O2S.2H2/c1-27(2)13-6-14-28(3,4)35(27)16-15-32-25(37)17-9-11-18(12-10-17)33-26-34-24(31)23(38-26)22(36)21-19(29)7-5-8-20(21)30;;/h5,7-12H,6,13-16,31H2,1-4H3,(H,32,37)(H,33,34);2*1H. The molecule has 206 valence electrons. The molecular weight excluding hydrogens is 508 g/mol. The lowest BCUT2D eigenvalue weighted by Crippen LogP contribution is -2.60. The minimum atomic E-state index is -0.963. The van der Waals surface area contributed by atoms with Crippen LogP contribution in [0.2, 0.25) is 0 Å². The molecule has 1 saturated heterocycles. The van der Waals surface area contributed by atoms with E-state index in [4.69, 9.17) is 5.73 Å². The SMILES string of the molecule is CC1(C)CCCC(C)(C)N1CCNC(=O)c1ccc(Nc2nc(N)c(C(=O)c3c(F)cccc3F)s2)cc1.[HH].[HH]. The van der Waals surface area contributed by atoms with E-state index < -0.39 is 23.0 Å². The van der Waals surface area contributed by atoms with Crippen LogP contribution in [-0.2, 0) is 0 Å². The number of nitrogens with one attached hydrogen (secondary N) is 2. The zero-order valence-corrected chi connectivity index (χ0v) is 22.8. The summed E-state index contributed by atoms with van der Waals surface area (Å²) in [5, 5.41) is 6.32. The maximum absolute atomic E-state index is 14.0. The molecule has 1 aromatic heterocycles. The fraction of sp³-hybridized carbons (Fsp3) is 0.393. The number of benzene rings is 2. The number of aromatic nitrogens is 1. The first kappa shape index (κ1) is 27.7. The van der Waals surface area contributed by atoms with Gasteiger partial charge < -0.3 is 16.4 Å². The van der Waals surface area contributed by atoms with Crippen molar-refractivity contribution in [1.82, 2.24) is 15.2 Å². The Morgan fingerprint density at radius 3 is 2.26 bits per heavy atom. The summed E-state index contributed by atoms with van der Waals surface area (Å²) < 4.78 is 28.1. The van der Waals surface area contributed by atoms with Crippen LogP contribution in [0.4, 0.5) is 25.4 Å². The number of piperidine rings is 1. The lowest BCUT2D eigenvalue weighted by molar-refractivity contribution is -0.0251. The summed E-state index contributed by atoms with van der Waals surface area (Å²) in [5.41, 5.74) is 6.50. The average molecular weight is 546 g/mol. The number of ketones is 1. The minimum Gasteiger partial charge on any atom is -0.382 e. The number of nitrogens with zero attached hydrogens (tertiary/aromatic N) is 2. The van der Waals surface area contributed by atoms with E-state index in [0.717, 1.165) is 42.9 Å². The zero-order chi connectivity index (χ0) is 27.7. The first-order chi connectivity index (χ1) is 17.9. The molecule has 1 aliphatic rings. The van der Waals surface area contributed by atoms with Crippen LogP contribution >= 0.6 is 11.3 Å². The van der Waals surface area contributed by atoms with Crippen molar-refractivity contribution in [3.8, 4) is 0 Å². The number of thiazole rings is 1. The summed E-state index contributed by atoms with van der Waals surface area (Å²) in [5.74, 6) is -3.08. The van der Waals surface area contributed by atoms with Gasteiger partial charge in [-0.05, 0) is 83.4 Å². The van der Waals surface area contributed by atoms with E-state index in [0.29, 0.717) is 17.8 Å². The second-order valence-corrected chi connectivity index (χ2v) is 11.7. The van der Waals surface area contributed by atoms with Gasteiger partial charge in [0.25, 0.3) is 5.91 Å². The van der Waals surface area contributed by atoms with E-state index >= 15 is 0 Å². The van der Waals surface area contributed by atoms with E-state index in [1.807, 2.05) is 0 Å². The van der Waals surface area contributed by atoms with Crippen molar-refractivity contribution in [2.24, 2.45) is 0 Å². The van der Waals surface area contributed by atoms with Gasteiger partial charge in [0.1, 0.15) is 22.3 Å². The average Bonchev–Trinajstić information content (AvgIpc) is 3.20. The maximum atomic E-state index is 14.0. The fourth-order valence-corrected chi connectivity index (χ4v) is 6.09. The molecule has 0 saturated carbocycles. The molecule has 4 N–H and O–H groups in total. The van der Waals surface area contributed by atoms with Gasteiger partial charge in [-0.3, -0.25) is 14.5 Å². The molecule has 2 aromatic carbocycles. The van der Waals surface area contributed by atoms with Crippen LogP contribution in [0.5, 0.6) is 0 Å². The Bertz CT molecular complexity index is 1310. The number of nitrogens with two attached hydrogens (primary N) is 1. The Morgan fingerprint density at radius 1 is 1.05 bits per heavy atom. The number of anilines is 3. The van der Waals surface area contributed by atoms with E-state index in [2.05, 4.69) is 48.2 Å². The van der Waals surface area contributed by atoms with Crippen molar-refractivity contribution in [3.05, 3.63) is 70.1 Å². The number of carbonyl (C=O) groups excluding carboxylic acids is 2. The van der Waals surface area contributed by atoms with Crippen molar-refractivity contribution in [1.29, 1.82) is 0 Å². The quantitative estimate of drug-likeness (QED) is 0.290. The van der Waals surface area contributed by atoms with Crippen molar-refractivity contribution in [2.45, 2.75) is 58.0 Å². The summed E-state index contributed by atoms with van der Waals surface area (Å²) in [6.07, 6.45) is 3.48. The molecule has 2 heterocycles. The number of carbonyl (C=O) groups is 2. The predicted octanol–water partition coefficient (Wildman–Crippen LogP) is 6.24. The minimum absolute atomic E-state index is 0. The summed E-state index contributed by atoms with van der Waals surface area (Å²) >= 11 is 0.895. The molecular formula is C28H37F2N5O2S. The normalized spacial score (nSPS) is 16.7. The van der Waals surface area contributed by atoms with Crippen molar-refractivity contribution in [3.63, 3.8) is 0 Å². The van der Waals surface area contributed by atoms with Gasteiger partial charge in [0.15, 0.2) is 5.13 Å². The second kappa shape index (κ2) is 10.8. The van der Waals surface area contributed by atoms with Gasteiger partial charge in [-0.1, -0.05) is 17.4 Å². The fourth-order valence-electron chi connectivity index (χ4n) is 5.24. The van der Waals surface area contributed by atoms with Crippen molar-refractivity contribution in [2.75, 3.05) is 24.1 Å². The van der Waals surface area contributed by atoms with E-state index in [1.165, 1.54) is 12.5 Å². The van der Waals surface area contributed by atoms with E-state index in [-0.39, 0.29) is 35.7 Å². The summed E-state index contributed by atoms with van der Waals surface area (Å²) in [4.78, 5) is 31.9. The molecule has 1 fully saturated rings. The molecule has 0 radical (unpaired) electrons. The zero-order valence-electron chi connectivity index (χ0n) is 22.0. The molecule has 0 bridgehead atoms.